The number of ether oxygens (including phenoxy) is 1. The Kier molecular flexibility index (Phi) is 14.3. The predicted octanol–water partition coefficient (Wildman–Crippen LogP) is 10.8. The van der Waals surface area contributed by atoms with Gasteiger partial charge in [-0.15, -0.1) is 0 Å². The van der Waals surface area contributed by atoms with Crippen molar-refractivity contribution >= 4 is 74.6 Å². The maximum Gasteiger partial charge on any atom is 0.326 e. The first-order valence-corrected chi connectivity index (χ1v) is 26.1. The van der Waals surface area contributed by atoms with Crippen LogP contribution in [-0.4, -0.2) is 46.0 Å². The smallest absolute Gasteiger partial charge is 0.326 e. The van der Waals surface area contributed by atoms with Gasteiger partial charge in [0.25, 0.3) is 0 Å². The summed E-state index contributed by atoms with van der Waals surface area (Å²) in [5.74, 6) is -1.96. The van der Waals surface area contributed by atoms with Gasteiger partial charge in [0, 0.05) is 33.2 Å². The fourth-order valence-electron chi connectivity index (χ4n) is 14.4. The molecule has 1 aromatic heterocycles. The lowest BCUT2D eigenvalue weighted by molar-refractivity contribution is -0.171. The molecule has 8 rings (SSSR count). The summed E-state index contributed by atoms with van der Waals surface area (Å²) >= 11 is 0. The van der Waals surface area contributed by atoms with Gasteiger partial charge in [0.2, 0.25) is 35.4 Å². The molecule has 0 radical (unpaired) electrons. The van der Waals surface area contributed by atoms with Gasteiger partial charge in [-0.1, -0.05) is 110 Å². The molecule has 70 heavy (non-hydrogen) atoms. The average Bonchev–Trinajstić information content (AvgIpc) is 3.61. The highest BCUT2D eigenvalue weighted by Crippen LogP contribution is 2.63. The van der Waals surface area contributed by atoms with Crippen LogP contribution in [0.25, 0.3) is 21.8 Å². The molecule has 6 atom stereocenters. The first-order chi connectivity index (χ1) is 33.5. The number of nitrogens with one attached hydrogen (secondary N) is 4. The number of imide groups is 2. The molecule has 4 aromatic rings. The van der Waals surface area contributed by atoms with Crippen molar-refractivity contribution in [2.45, 2.75) is 170 Å². The maximum atomic E-state index is 15.1. The number of esters is 1. The molecule has 13 heteroatoms. The summed E-state index contributed by atoms with van der Waals surface area (Å²) in [6, 6.07) is 20.7. The Bertz CT molecular complexity index is 2490. The normalized spacial score (nSPS) is 28.3. The van der Waals surface area contributed by atoms with E-state index in [1.54, 1.807) is 0 Å². The van der Waals surface area contributed by atoms with Crippen LogP contribution in [0.15, 0.2) is 66.7 Å². The highest BCUT2D eigenvalue weighted by atomic mass is 16.5. The first-order valence-electron chi connectivity index (χ1n) is 26.1. The average molecular weight is 956 g/mol. The molecule has 2 saturated carbocycles. The minimum Gasteiger partial charge on any atom is -0.459 e. The second-order valence-corrected chi connectivity index (χ2v) is 21.9. The quantitative estimate of drug-likeness (QED) is 0.0499. The van der Waals surface area contributed by atoms with Crippen LogP contribution in [0.2, 0.25) is 0 Å². The van der Waals surface area contributed by atoms with Gasteiger partial charge in [-0.2, -0.15) is 0 Å². The molecule has 4 fully saturated rings. The highest BCUT2D eigenvalue weighted by molar-refractivity contribution is 6.13. The van der Waals surface area contributed by atoms with Gasteiger partial charge >= 0.3 is 5.97 Å². The fourth-order valence-corrected chi connectivity index (χ4v) is 14.4. The molecule has 3 aromatic carbocycles. The monoisotopic (exact) mass is 956 g/mol. The number of anilines is 2. The van der Waals surface area contributed by atoms with Crippen molar-refractivity contribution in [1.82, 2.24) is 15.2 Å². The van der Waals surface area contributed by atoms with E-state index < -0.39 is 38.5 Å². The highest BCUT2D eigenvalue weighted by Gasteiger charge is 2.66. The van der Waals surface area contributed by atoms with Gasteiger partial charge < -0.3 is 19.9 Å². The van der Waals surface area contributed by atoms with E-state index in [1.807, 2.05) is 113 Å². The summed E-state index contributed by atoms with van der Waals surface area (Å²) < 4.78 is 7.66. The minimum absolute atomic E-state index is 0.103. The van der Waals surface area contributed by atoms with Crippen LogP contribution < -0.4 is 21.3 Å². The number of piperidine rings is 2. The minimum atomic E-state index is -0.976. The van der Waals surface area contributed by atoms with Crippen LogP contribution in [-0.2, 0) is 51.5 Å². The number of fused-ring (bicyclic) bond motifs is 7. The zero-order chi connectivity index (χ0) is 50.1. The van der Waals surface area contributed by atoms with Crippen molar-refractivity contribution in [1.29, 1.82) is 0 Å². The third-order valence-electron chi connectivity index (χ3n) is 16.7. The lowest BCUT2D eigenvalue weighted by atomic mass is 9.47. The van der Waals surface area contributed by atoms with Crippen LogP contribution in [0.5, 0.6) is 0 Å². The van der Waals surface area contributed by atoms with Crippen LogP contribution in [0.4, 0.5) is 11.4 Å². The molecule has 374 valence electrons. The van der Waals surface area contributed by atoms with E-state index in [0.29, 0.717) is 112 Å². The number of rotatable bonds is 20. The van der Waals surface area contributed by atoms with E-state index in [4.69, 9.17) is 4.74 Å². The summed E-state index contributed by atoms with van der Waals surface area (Å²) in [7, 11) is 0. The van der Waals surface area contributed by atoms with Crippen molar-refractivity contribution in [2.24, 2.45) is 32.5 Å². The summed E-state index contributed by atoms with van der Waals surface area (Å²) in [4.78, 5) is 99.2. The van der Waals surface area contributed by atoms with Crippen molar-refractivity contribution < 1.29 is 38.3 Å². The Morgan fingerprint density at radius 1 is 0.514 bits per heavy atom. The van der Waals surface area contributed by atoms with Crippen molar-refractivity contribution in [2.75, 3.05) is 10.6 Å². The Hall–Kier alpha value is -5.85. The number of hydrogen-bond donors (Lipinski definition) is 4. The van der Waals surface area contributed by atoms with E-state index >= 15 is 9.59 Å². The number of carbonyl (C=O) groups is 7. The second kappa shape index (κ2) is 19.7. The molecular formula is C57H73N5O8. The maximum absolute atomic E-state index is 15.1. The van der Waals surface area contributed by atoms with Crippen LogP contribution in [0.1, 0.15) is 163 Å². The third-order valence-corrected chi connectivity index (χ3v) is 16.7. The van der Waals surface area contributed by atoms with Gasteiger partial charge in [-0.05, 0) is 119 Å². The molecule has 2 saturated heterocycles. The summed E-state index contributed by atoms with van der Waals surface area (Å²) in [5, 5.41) is 13.5. The molecule has 3 heterocycles. The molecule has 4 N–H and O–H groups in total. The molecule has 4 aliphatic rings. The predicted molar refractivity (Wildman–Crippen MR) is 271 cm³/mol. The molecule has 0 spiro atoms. The fraction of sp³-hybridized carbons (Fsp3) is 0.561. The van der Waals surface area contributed by atoms with E-state index in [1.165, 1.54) is 0 Å². The molecule has 2 aliphatic carbocycles. The van der Waals surface area contributed by atoms with Crippen molar-refractivity contribution in [3.05, 3.63) is 72.3 Å². The molecule has 2 unspecified atom stereocenters. The Morgan fingerprint density at radius 3 is 1.24 bits per heavy atom. The summed E-state index contributed by atoms with van der Waals surface area (Å²) in [5.41, 5.74) is -1.96. The standard InChI is InChI=1S/C57H73N5O8/c1-7-22-52(32-54(24-9-3)36-55(33-52,25-10-4)49(67)60-48(54)66)46(64)58-39-18-20-43-41(28-39)42-29-40(19-21-44(42)62(43)30-45(63)70-31-38-16-14-13-15-17-38)59-47(65)53(23-8-2)34-56(26-11-5)37-57(35-53,27-12-6)51(69)61-50(56)68/h13-21,28-29H,7-12,22-27,30-37H2,1-6H3,(H,58,64)(H,59,65)(H,60,66,67)(H,61,68,69)/t52?,53?,54-,55+,56-,57+. The van der Waals surface area contributed by atoms with Crippen LogP contribution in [0, 0.1) is 32.5 Å². The summed E-state index contributed by atoms with van der Waals surface area (Å²) in [6.07, 6.45) is 10.0. The van der Waals surface area contributed by atoms with Gasteiger partial charge in [-0.25, -0.2) is 0 Å². The number of nitrogens with zero attached hydrogens (tertiary/aromatic N) is 1. The third kappa shape index (κ3) is 8.95. The van der Waals surface area contributed by atoms with Gasteiger partial charge in [0.05, 0.1) is 32.5 Å². The second-order valence-electron chi connectivity index (χ2n) is 21.9. The van der Waals surface area contributed by atoms with Crippen molar-refractivity contribution in [3.8, 4) is 0 Å². The van der Waals surface area contributed by atoms with Crippen LogP contribution in [0.3, 0.4) is 0 Å². The van der Waals surface area contributed by atoms with E-state index in [0.717, 1.165) is 42.0 Å². The summed E-state index contributed by atoms with van der Waals surface area (Å²) in [6.45, 7) is 12.2. The topological polar surface area (TPSA) is 182 Å². The SMILES string of the molecule is CCCC1(C(=O)Nc2ccc3c(c2)c2cc(NC(=O)C4(CCC)C[C@@]5(CCC)C[C@@](CCC)(C4)C(=O)NC5=O)ccc2n3CC(=O)OCc2ccccc2)C[C@@]2(CCC)C[C@@](CCC)(C1)C(=O)NC2=O. The van der Waals surface area contributed by atoms with Gasteiger partial charge in [0.15, 0.2) is 0 Å². The van der Waals surface area contributed by atoms with E-state index in [2.05, 4.69) is 21.3 Å². The Morgan fingerprint density at radius 2 is 0.886 bits per heavy atom. The van der Waals surface area contributed by atoms with E-state index in [9.17, 15) is 24.0 Å². The van der Waals surface area contributed by atoms with Crippen molar-refractivity contribution in [3.63, 3.8) is 0 Å². The number of benzene rings is 3. The Labute approximate surface area is 412 Å². The lowest BCUT2D eigenvalue weighted by Crippen LogP contribution is -2.65. The molecular weight excluding hydrogens is 883 g/mol. The number of aromatic nitrogens is 1. The van der Waals surface area contributed by atoms with E-state index in [-0.39, 0.29) is 48.6 Å². The van der Waals surface area contributed by atoms with Gasteiger partial charge in [-0.3, -0.25) is 44.2 Å². The van der Waals surface area contributed by atoms with Crippen LogP contribution >= 0.6 is 0 Å². The zero-order valence-corrected chi connectivity index (χ0v) is 42.2. The molecule has 13 nitrogen and oxygen atoms in total. The first kappa shape index (κ1) is 50.5. The lowest BCUT2D eigenvalue weighted by Gasteiger charge is -2.57. The van der Waals surface area contributed by atoms with Gasteiger partial charge in [0.1, 0.15) is 13.2 Å². The zero-order valence-electron chi connectivity index (χ0n) is 42.2. The largest absolute Gasteiger partial charge is 0.459 e. The molecule has 6 amide bonds. The molecule has 2 aliphatic heterocycles. The number of hydrogen-bond acceptors (Lipinski definition) is 8. The molecule has 4 bridgehead atoms. The Balaban J connectivity index is 1.18. The number of amides is 6. The number of carbonyl (C=O) groups excluding carboxylic acids is 7.